The van der Waals surface area contributed by atoms with Gasteiger partial charge in [-0.1, -0.05) is 6.07 Å². The predicted octanol–water partition coefficient (Wildman–Crippen LogP) is 2.22. The SMILES string of the molecule is Cc1cc(NS(=O)(=O)c2cccc3c2OCO3)cc(C(=O)O)c1. The highest BCUT2D eigenvalue weighted by molar-refractivity contribution is 7.92. The number of para-hydroxylation sites is 1. The minimum atomic E-state index is -3.95. The first-order valence-electron chi connectivity index (χ1n) is 6.63. The van der Waals surface area contributed by atoms with E-state index < -0.39 is 16.0 Å². The minimum Gasteiger partial charge on any atom is -0.478 e. The second kappa shape index (κ2) is 5.47. The summed E-state index contributed by atoms with van der Waals surface area (Å²) >= 11 is 0. The number of hydrogen-bond donors (Lipinski definition) is 2. The van der Waals surface area contributed by atoms with Gasteiger partial charge in [-0.3, -0.25) is 4.72 Å². The standard InChI is InChI=1S/C15H13NO6S/c1-9-5-10(15(17)18)7-11(6-9)16-23(19,20)13-4-2-3-12-14(13)22-8-21-12/h2-7,16H,8H2,1H3,(H,17,18). The van der Waals surface area contributed by atoms with E-state index in [1.807, 2.05) is 0 Å². The number of carboxylic acid groups (broad SMARTS) is 1. The maximum Gasteiger partial charge on any atom is 0.335 e. The number of aryl methyl sites for hydroxylation is 1. The zero-order chi connectivity index (χ0) is 16.6. The van der Waals surface area contributed by atoms with Crippen LogP contribution in [0, 0.1) is 6.92 Å². The molecule has 2 aromatic carbocycles. The smallest absolute Gasteiger partial charge is 0.335 e. The van der Waals surface area contributed by atoms with Gasteiger partial charge in [-0.15, -0.1) is 0 Å². The molecule has 1 heterocycles. The maximum atomic E-state index is 12.6. The van der Waals surface area contributed by atoms with Gasteiger partial charge in [0, 0.05) is 5.69 Å². The highest BCUT2D eigenvalue weighted by Crippen LogP contribution is 2.38. The van der Waals surface area contributed by atoms with Crippen LogP contribution < -0.4 is 14.2 Å². The van der Waals surface area contributed by atoms with Crippen LogP contribution >= 0.6 is 0 Å². The molecule has 23 heavy (non-hydrogen) atoms. The van der Waals surface area contributed by atoms with Crippen molar-refractivity contribution in [1.82, 2.24) is 0 Å². The molecule has 0 saturated heterocycles. The highest BCUT2D eigenvalue weighted by atomic mass is 32.2. The average molecular weight is 335 g/mol. The summed E-state index contributed by atoms with van der Waals surface area (Å²) in [5, 5.41) is 9.06. The lowest BCUT2D eigenvalue weighted by Crippen LogP contribution is -2.14. The number of fused-ring (bicyclic) bond motifs is 1. The molecule has 0 radical (unpaired) electrons. The lowest BCUT2D eigenvalue weighted by Gasteiger charge is -2.11. The van der Waals surface area contributed by atoms with Gasteiger partial charge in [-0.2, -0.15) is 0 Å². The summed E-state index contributed by atoms with van der Waals surface area (Å²) in [6.45, 7) is 1.64. The Morgan fingerprint density at radius 3 is 2.74 bits per heavy atom. The van der Waals surface area contributed by atoms with Gasteiger partial charge >= 0.3 is 5.97 Å². The van der Waals surface area contributed by atoms with Crippen LogP contribution in [0.3, 0.4) is 0 Å². The van der Waals surface area contributed by atoms with Crippen molar-refractivity contribution in [2.75, 3.05) is 11.5 Å². The van der Waals surface area contributed by atoms with E-state index in [1.165, 1.54) is 18.2 Å². The Bertz CT molecular complexity index is 891. The number of sulfonamides is 1. The molecule has 120 valence electrons. The number of hydrogen-bond acceptors (Lipinski definition) is 5. The number of nitrogens with one attached hydrogen (secondary N) is 1. The Hall–Kier alpha value is -2.74. The number of carbonyl (C=O) groups is 1. The molecule has 0 saturated carbocycles. The summed E-state index contributed by atoms with van der Waals surface area (Å²) in [6.07, 6.45) is 0. The lowest BCUT2D eigenvalue weighted by atomic mass is 10.1. The van der Waals surface area contributed by atoms with Crippen LogP contribution in [0.15, 0.2) is 41.3 Å². The molecule has 2 N–H and O–H groups in total. The molecular weight excluding hydrogens is 322 g/mol. The highest BCUT2D eigenvalue weighted by Gasteiger charge is 2.26. The minimum absolute atomic E-state index is 0.000531. The van der Waals surface area contributed by atoms with Gasteiger partial charge in [0.05, 0.1) is 5.56 Å². The van der Waals surface area contributed by atoms with Gasteiger partial charge in [0.1, 0.15) is 4.90 Å². The molecule has 0 bridgehead atoms. The normalized spacial score (nSPS) is 12.9. The number of aromatic carboxylic acids is 1. The Kier molecular flexibility index (Phi) is 3.61. The van der Waals surface area contributed by atoms with Crippen molar-refractivity contribution >= 4 is 21.7 Å². The largest absolute Gasteiger partial charge is 0.478 e. The van der Waals surface area contributed by atoms with Gasteiger partial charge in [-0.25, -0.2) is 13.2 Å². The van der Waals surface area contributed by atoms with Crippen molar-refractivity contribution in [3.05, 3.63) is 47.5 Å². The van der Waals surface area contributed by atoms with Crippen molar-refractivity contribution in [1.29, 1.82) is 0 Å². The summed E-state index contributed by atoms with van der Waals surface area (Å²) in [4.78, 5) is 11.0. The van der Waals surface area contributed by atoms with E-state index in [9.17, 15) is 13.2 Å². The van der Waals surface area contributed by atoms with Crippen molar-refractivity contribution in [3.8, 4) is 11.5 Å². The van der Waals surface area contributed by atoms with Crippen LogP contribution in [-0.2, 0) is 10.0 Å². The number of anilines is 1. The quantitative estimate of drug-likeness (QED) is 0.888. The van der Waals surface area contributed by atoms with Gasteiger partial charge in [0.2, 0.25) is 6.79 Å². The topological polar surface area (TPSA) is 102 Å². The molecule has 1 aliphatic heterocycles. The van der Waals surface area contributed by atoms with E-state index in [0.717, 1.165) is 0 Å². The molecule has 3 rings (SSSR count). The van der Waals surface area contributed by atoms with E-state index in [-0.39, 0.29) is 28.7 Å². The molecule has 0 fully saturated rings. The Balaban J connectivity index is 2.00. The number of ether oxygens (including phenoxy) is 2. The first-order chi connectivity index (χ1) is 10.9. The van der Waals surface area contributed by atoms with Crippen molar-refractivity contribution in [3.63, 3.8) is 0 Å². The Labute approximate surface area is 132 Å². The summed E-state index contributed by atoms with van der Waals surface area (Å²) in [5.74, 6) is -0.638. The predicted molar refractivity (Wildman–Crippen MR) is 81.5 cm³/mol. The fourth-order valence-electron chi connectivity index (χ4n) is 2.29. The molecule has 0 atom stereocenters. The third-order valence-electron chi connectivity index (χ3n) is 3.23. The van der Waals surface area contributed by atoms with E-state index in [0.29, 0.717) is 11.3 Å². The number of rotatable bonds is 4. The fourth-order valence-corrected chi connectivity index (χ4v) is 3.49. The van der Waals surface area contributed by atoms with E-state index in [1.54, 1.807) is 25.1 Å². The van der Waals surface area contributed by atoms with E-state index >= 15 is 0 Å². The zero-order valence-electron chi connectivity index (χ0n) is 12.1. The number of carboxylic acids is 1. The lowest BCUT2D eigenvalue weighted by molar-refractivity contribution is 0.0696. The zero-order valence-corrected chi connectivity index (χ0v) is 12.9. The Morgan fingerprint density at radius 1 is 1.22 bits per heavy atom. The summed E-state index contributed by atoms with van der Waals surface area (Å²) in [7, 11) is -3.95. The van der Waals surface area contributed by atoms with Gasteiger partial charge in [0.25, 0.3) is 10.0 Å². The second-order valence-corrected chi connectivity index (χ2v) is 6.64. The first-order valence-corrected chi connectivity index (χ1v) is 8.11. The molecule has 0 aliphatic carbocycles. The van der Waals surface area contributed by atoms with Crippen molar-refractivity contribution in [2.45, 2.75) is 11.8 Å². The van der Waals surface area contributed by atoms with Crippen LogP contribution in [-0.4, -0.2) is 26.3 Å². The van der Waals surface area contributed by atoms with Crippen molar-refractivity contribution < 1.29 is 27.8 Å². The summed E-state index contributed by atoms with van der Waals surface area (Å²) in [5.41, 5.74) is 0.792. The van der Waals surface area contributed by atoms with Crippen LogP contribution in [0.2, 0.25) is 0 Å². The van der Waals surface area contributed by atoms with E-state index in [4.69, 9.17) is 14.6 Å². The molecule has 7 nitrogen and oxygen atoms in total. The van der Waals surface area contributed by atoms with Crippen LogP contribution in [0.4, 0.5) is 5.69 Å². The average Bonchev–Trinajstić information content (AvgIpc) is 2.94. The molecule has 1 aliphatic rings. The van der Waals surface area contributed by atoms with Gasteiger partial charge < -0.3 is 14.6 Å². The third kappa shape index (κ3) is 2.93. The monoisotopic (exact) mass is 335 g/mol. The third-order valence-corrected chi connectivity index (χ3v) is 4.63. The summed E-state index contributed by atoms with van der Waals surface area (Å²) < 4.78 is 37.9. The number of benzene rings is 2. The summed E-state index contributed by atoms with van der Waals surface area (Å²) in [6, 6.07) is 8.80. The fraction of sp³-hybridized carbons (Fsp3) is 0.133. The van der Waals surface area contributed by atoms with Crippen LogP contribution in [0.25, 0.3) is 0 Å². The molecule has 0 unspecified atom stereocenters. The molecule has 8 heteroatoms. The first kappa shape index (κ1) is 15.2. The molecule has 0 amide bonds. The maximum absolute atomic E-state index is 12.6. The second-order valence-electron chi connectivity index (χ2n) is 4.99. The van der Waals surface area contributed by atoms with Crippen LogP contribution in [0.1, 0.15) is 15.9 Å². The molecule has 2 aromatic rings. The molecular formula is C15H13NO6S. The van der Waals surface area contributed by atoms with Gasteiger partial charge in [0.15, 0.2) is 11.5 Å². The van der Waals surface area contributed by atoms with Gasteiger partial charge in [-0.05, 0) is 42.8 Å². The van der Waals surface area contributed by atoms with Crippen LogP contribution in [0.5, 0.6) is 11.5 Å². The van der Waals surface area contributed by atoms with E-state index in [2.05, 4.69) is 4.72 Å². The molecule has 0 spiro atoms. The van der Waals surface area contributed by atoms with Crippen molar-refractivity contribution in [2.24, 2.45) is 0 Å². The molecule has 0 aromatic heterocycles. The Morgan fingerprint density at radius 2 is 2.00 bits per heavy atom.